The maximum Gasteiger partial charge on any atom is 0.133 e. The first-order valence-electron chi connectivity index (χ1n) is 8.15. The monoisotopic (exact) mass is 282 g/mol. The number of carbonyl (C=O) groups is 2. The molecule has 20 heavy (non-hydrogen) atoms. The molecular formula is C18H34O2. The zero-order valence-corrected chi connectivity index (χ0v) is 14.5. The molecule has 0 N–H and O–H groups in total. The molecule has 0 fully saturated rings. The lowest BCUT2D eigenvalue weighted by molar-refractivity contribution is -0.124. The lowest BCUT2D eigenvalue weighted by Gasteiger charge is -2.22. The van der Waals surface area contributed by atoms with E-state index in [2.05, 4.69) is 41.5 Å². The third kappa shape index (κ3) is 9.28. The predicted octanol–water partition coefficient (Wildman–Crippen LogP) is 5.34. The van der Waals surface area contributed by atoms with Crippen LogP contribution in [0.4, 0.5) is 0 Å². The van der Waals surface area contributed by atoms with E-state index in [1.807, 2.05) is 0 Å². The molecule has 0 rings (SSSR count). The Balaban J connectivity index is 3.87. The Kier molecular flexibility index (Phi) is 8.30. The summed E-state index contributed by atoms with van der Waals surface area (Å²) in [5, 5.41) is 0. The highest BCUT2D eigenvalue weighted by Crippen LogP contribution is 2.27. The third-order valence-electron chi connectivity index (χ3n) is 4.76. The van der Waals surface area contributed by atoms with E-state index in [-0.39, 0.29) is 22.4 Å². The van der Waals surface area contributed by atoms with Crippen molar-refractivity contribution < 1.29 is 9.59 Å². The van der Waals surface area contributed by atoms with Crippen molar-refractivity contribution in [2.75, 3.05) is 0 Å². The fraction of sp³-hybridized carbons (Fsp3) is 0.889. The van der Waals surface area contributed by atoms with E-state index in [9.17, 15) is 9.59 Å². The van der Waals surface area contributed by atoms with E-state index in [0.717, 1.165) is 25.7 Å². The van der Waals surface area contributed by atoms with Gasteiger partial charge in [0.25, 0.3) is 0 Å². The predicted molar refractivity (Wildman–Crippen MR) is 85.9 cm³/mol. The van der Waals surface area contributed by atoms with Gasteiger partial charge in [-0.1, -0.05) is 54.4 Å². The van der Waals surface area contributed by atoms with Crippen molar-refractivity contribution in [3.8, 4) is 0 Å². The number of ketones is 2. The van der Waals surface area contributed by atoms with Gasteiger partial charge >= 0.3 is 0 Å². The summed E-state index contributed by atoms with van der Waals surface area (Å²) in [4.78, 5) is 23.6. The molecule has 2 nitrogen and oxygen atoms in total. The highest BCUT2D eigenvalue weighted by atomic mass is 16.1. The lowest BCUT2D eigenvalue weighted by atomic mass is 9.83. The van der Waals surface area contributed by atoms with E-state index in [1.165, 1.54) is 0 Å². The number of carbonyl (C=O) groups excluding carboxylic acids is 2. The number of hydrogen-bond donors (Lipinski definition) is 0. The first kappa shape index (κ1) is 19.3. The molecule has 0 heterocycles. The first-order chi connectivity index (χ1) is 9.12. The van der Waals surface area contributed by atoms with Crippen molar-refractivity contribution in [2.45, 2.75) is 92.9 Å². The fourth-order valence-electron chi connectivity index (χ4n) is 1.84. The second-order valence-corrected chi connectivity index (χ2v) is 7.61. The van der Waals surface area contributed by atoms with Crippen LogP contribution in [0.2, 0.25) is 0 Å². The van der Waals surface area contributed by atoms with Crippen molar-refractivity contribution in [3.63, 3.8) is 0 Å². The normalized spacial score (nSPS) is 12.5. The Morgan fingerprint density at radius 3 is 1.20 bits per heavy atom. The molecule has 0 unspecified atom stereocenters. The smallest absolute Gasteiger partial charge is 0.133 e. The molecule has 0 aliphatic rings. The minimum absolute atomic E-state index is 0.241. The number of Topliss-reactive ketones (excluding diaryl/α,β-unsaturated/α-hetero) is 2. The second kappa shape index (κ2) is 8.59. The Hall–Kier alpha value is -0.660. The van der Waals surface area contributed by atoms with Crippen LogP contribution < -0.4 is 0 Å². The standard InChI is InChI=1S/C18H34O2/c1-7-17(3,4)13-11-15(19)9-10-16(20)12-14-18(5,6)8-2/h7-14H2,1-6H3. The Labute approximate surface area is 125 Å². The van der Waals surface area contributed by atoms with Crippen LogP contribution in [0.1, 0.15) is 92.9 Å². The van der Waals surface area contributed by atoms with Crippen molar-refractivity contribution in [1.82, 2.24) is 0 Å². The van der Waals surface area contributed by atoms with Gasteiger partial charge in [0, 0.05) is 25.7 Å². The van der Waals surface area contributed by atoms with E-state index < -0.39 is 0 Å². The van der Waals surface area contributed by atoms with Gasteiger partial charge in [-0.05, 0) is 23.7 Å². The van der Waals surface area contributed by atoms with Gasteiger partial charge < -0.3 is 0 Å². The van der Waals surface area contributed by atoms with Gasteiger partial charge in [0.15, 0.2) is 0 Å². The molecule has 118 valence electrons. The Morgan fingerprint density at radius 1 is 0.650 bits per heavy atom. The van der Waals surface area contributed by atoms with Gasteiger partial charge in [-0.2, -0.15) is 0 Å². The molecule has 0 aromatic carbocycles. The zero-order chi connectivity index (χ0) is 15.8. The molecule has 0 saturated heterocycles. The largest absolute Gasteiger partial charge is 0.300 e. The van der Waals surface area contributed by atoms with Gasteiger partial charge in [0.05, 0.1) is 0 Å². The van der Waals surface area contributed by atoms with Gasteiger partial charge in [-0.15, -0.1) is 0 Å². The molecule has 0 amide bonds. The zero-order valence-electron chi connectivity index (χ0n) is 14.5. The van der Waals surface area contributed by atoms with Gasteiger partial charge in [0.1, 0.15) is 11.6 Å². The van der Waals surface area contributed by atoms with Crippen LogP contribution in [0.15, 0.2) is 0 Å². The molecule has 0 radical (unpaired) electrons. The molecule has 0 spiro atoms. The molecule has 0 bridgehead atoms. The highest BCUT2D eigenvalue weighted by molar-refractivity contribution is 5.85. The van der Waals surface area contributed by atoms with Crippen LogP contribution in [-0.2, 0) is 9.59 Å². The summed E-state index contributed by atoms with van der Waals surface area (Å²) >= 11 is 0. The topological polar surface area (TPSA) is 34.1 Å². The molecule has 2 heteroatoms. The van der Waals surface area contributed by atoms with Crippen LogP contribution >= 0.6 is 0 Å². The number of hydrogen-bond acceptors (Lipinski definition) is 2. The van der Waals surface area contributed by atoms with Crippen LogP contribution in [-0.4, -0.2) is 11.6 Å². The average Bonchev–Trinajstić information content (AvgIpc) is 2.40. The molecule has 0 saturated carbocycles. The minimum atomic E-state index is 0.241. The lowest BCUT2D eigenvalue weighted by Crippen LogP contribution is -2.14. The van der Waals surface area contributed by atoms with Crippen molar-refractivity contribution in [1.29, 1.82) is 0 Å². The summed E-state index contributed by atoms with van der Waals surface area (Å²) in [5.74, 6) is 0.490. The third-order valence-corrected chi connectivity index (χ3v) is 4.76. The van der Waals surface area contributed by atoms with E-state index in [4.69, 9.17) is 0 Å². The average molecular weight is 282 g/mol. The Bertz CT molecular complexity index is 281. The van der Waals surface area contributed by atoms with Crippen molar-refractivity contribution in [3.05, 3.63) is 0 Å². The molecule has 0 aliphatic carbocycles. The summed E-state index contributed by atoms with van der Waals surface area (Å²) in [5.41, 5.74) is 0.482. The SMILES string of the molecule is CCC(C)(C)CCC(=O)CCC(=O)CCC(C)(C)CC. The van der Waals surface area contributed by atoms with Crippen molar-refractivity contribution >= 4 is 11.6 Å². The minimum Gasteiger partial charge on any atom is -0.300 e. The quantitative estimate of drug-likeness (QED) is 0.512. The highest BCUT2D eigenvalue weighted by Gasteiger charge is 2.19. The van der Waals surface area contributed by atoms with E-state index in [0.29, 0.717) is 25.7 Å². The molecule has 0 atom stereocenters. The van der Waals surface area contributed by atoms with E-state index in [1.54, 1.807) is 0 Å². The first-order valence-corrected chi connectivity index (χ1v) is 8.15. The van der Waals surface area contributed by atoms with Gasteiger partial charge in [0.2, 0.25) is 0 Å². The number of rotatable bonds is 11. The van der Waals surface area contributed by atoms with E-state index >= 15 is 0 Å². The molecule has 0 aromatic heterocycles. The Morgan fingerprint density at radius 2 is 0.950 bits per heavy atom. The van der Waals surface area contributed by atoms with Crippen LogP contribution in [0, 0.1) is 10.8 Å². The van der Waals surface area contributed by atoms with Crippen LogP contribution in [0.3, 0.4) is 0 Å². The second-order valence-electron chi connectivity index (χ2n) is 7.61. The van der Waals surface area contributed by atoms with Crippen LogP contribution in [0.5, 0.6) is 0 Å². The fourth-order valence-corrected chi connectivity index (χ4v) is 1.84. The van der Waals surface area contributed by atoms with Crippen LogP contribution in [0.25, 0.3) is 0 Å². The van der Waals surface area contributed by atoms with Gasteiger partial charge in [-0.3, -0.25) is 9.59 Å². The van der Waals surface area contributed by atoms with Gasteiger partial charge in [-0.25, -0.2) is 0 Å². The summed E-state index contributed by atoms with van der Waals surface area (Å²) < 4.78 is 0. The van der Waals surface area contributed by atoms with Crippen molar-refractivity contribution in [2.24, 2.45) is 10.8 Å². The summed E-state index contributed by atoms with van der Waals surface area (Å²) in [6, 6.07) is 0. The maximum atomic E-state index is 11.8. The summed E-state index contributed by atoms with van der Waals surface area (Å²) in [6.07, 6.45) is 6.15. The molecule has 0 aromatic rings. The summed E-state index contributed by atoms with van der Waals surface area (Å²) in [6.45, 7) is 13.1. The molecular weight excluding hydrogens is 248 g/mol. The maximum absolute atomic E-state index is 11.8. The summed E-state index contributed by atoms with van der Waals surface area (Å²) in [7, 11) is 0. The molecule has 0 aliphatic heterocycles.